The summed E-state index contributed by atoms with van der Waals surface area (Å²) in [4.78, 5) is 4.16. The Kier molecular flexibility index (Phi) is 2.81. The summed E-state index contributed by atoms with van der Waals surface area (Å²) >= 11 is 3.52. The number of benzene rings is 1. The highest BCUT2D eigenvalue weighted by molar-refractivity contribution is 9.10. The molecule has 1 aliphatic carbocycles. The molecule has 0 spiro atoms. The summed E-state index contributed by atoms with van der Waals surface area (Å²) in [6.45, 7) is 0. The maximum atomic E-state index is 4.16. The first-order valence-electron chi connectivity index (χ1n) is 5.70. The Bertz CT molecular complexity index is 573. The Morgan fingerprint density at radius 1 is 1.24 bits per heavy atom. The summed E-state index contributed by atoms with van der Waals surface area (Å²) in [5.74, 6) is 0. The largest absolute Gasteiger partial charge is 0.264 e. The molecular weight excluding hydrogens is 274 g/mol. The summed E-state index contributed by atoms with van der Waals surface area (Å²) < 4.78 is 1.16. The number of nitrogens with zero attached hydrogens (tertiary/aromatic N) is 1. The number of allylic oxidation sites excluding steroid dienone is 2. The van der Waals surface area contributed by atoms with E-state index >= 15 is 0 Å². The average Bonchev–Trinajstić information content (AvgIpc) is 2.73. The van der Waals surface area contributed by atoms with Gasteiger partial charge in [-0.15, -0.1) is 0 Å². The SMILES string of the molecule is Brc1ccc2c(c1)CC=C2Cc1cccnc1. The molecule has 0 aliphatic heterocycles. The molecule has 0 atom stereocenters. The van der Waals surface area contributed by atoms with Crippen molar-refractivity contribution in [2.75, 3.05) is 0 Å². The quantitative estimate of drug-likeness (QED) is 0.812. The fraction of sp³-hybridized carbons (Fsp3) is 0.133. The van der Waals surface area contributed by atoms with E-state index in [2.05, 4.69) is 51.3 Å². The summed E-state index contributed by atoms with van der Waals surface area (Å²) in [5.41, 5.74) is 5.49. The van der Waals surface area contributed by atoms with Crippen molar-refractivity contribution in [3.63, 3.8) is 0 Å². The summed E-state index contributed by atoms with van der Waals surface area (Å²) in [6, 6.07) is 10.6. The van der Waals surface area contributed by atoms with Gasteiger partial charge in [0.1, 0.15) is 0 Å². The maximum absolute atomic E-state index is 4.16. The Morgan fingerprint density at radius 2 is 2.18 bits per heavy atom. The van der Waals surface area contributed by atoms with E-state index in [4.69, 9.17) is 0 Å². The molecule has 2 aromatic rings. The van der Waals surface area contributed by atoms with Crippen LogP contribution in [0.5, 0.6) is 0 Å². The van der Waals surface area contributed by atoms with E-state index in [1.807, 2.05) is 18.5 Å². The molecule has 1 nitrogen and oxygen atoms in total. The lowest BCUT2D eigenvalue weighted by atomic mass is 10.0. The normalized spacial score (nSPS) is 13.4. The molecule has 3 rings (SSSR count). The highest BCUT2D eigenvalue weighted by Gasteiger charge is 2.14. The number of rotatable bonds is 2. The zero-order chi connectivity index (χ0) is 11.7. The third-order valence-electron chi connectivity index (χ3n) is 3.10. The second kappa shape index (κ2) is 4.46. The molecule has 0 radical (unpaired) electrons. The highest BCUT2D eigenvalue weighted by Crippen LogP contribution is 2.31. The van der Waals surface area contributed by atoms with Crippen LogP contribution >= 0.6 is 15.9 Å². The lowest BCUT2D eigenvalue weighted by Gasteiger charge is -2.06. The molecule has 0 amide bonds. The first-order chi connectivity index (χ1) is 8.33. The zero-order valence-corrected chi connectivity index (χ0v) is 10.9. The van der Waals surface area contributed by atoms with Crippen LogP contribution in [0, 0.1) is 0 Å². The molecule has 1 aromatic heterocycles. The van der Waals surface area contributed by atoms with Gasteiger partial charge in [-0.05, 0) is 53.3 Å². The number of aromatic nitrogens is 1. The van der Waals surface area contributed by atoms with E-state index in [0.717, 1.165) is 17.3 Å². The predicted molar refractivity (Wildman–Crippen MR) is 73.8 cm³/mol. The van der Waals surface area contributed by atoms with Crippen molar-refractivity contribution in [1.82, 2.24) is 4.98 Å². The van der Waals surface area contributed by atoms with E-state index in [0.29, 0.717) is 0 Å². The third kappa shape index (κ3) is 2.18. The molecule has 2 heteroatoms. The van der Waals surface area contributed by atoms with Crippen LogP contribution in [0.2, 0.25) is 0 Å². The predicted octanol–water partition coefficient (Wildman–Crippen LogP) is 4.03. The fourth-order valence-electron chi connectivity index (χ4n) is 2.28. The molecule has 0 N–H and O–H groups in total. The monoisotopic (exact) mass is 285 g/mol. The van der Waals surface area contributed by atoms with Crippen molar-refractivity contribution in [3.05, 3.63) is 70.0 Å². The summed E-state index contributed by atoms with van der Waals surface area (Å²) in [7, 11) is 0. The molecule has 0 fully saturated rings. The van der Waals surface area contributed by atoms with Gasteiger partial charge in [0.25, 0.3) is 0 Å². The van der Waals surface area contributed by atoms with Crippen molar-refractivity contribution >= 4 is 21.5 Å². The Labute approximate surface area is 109 Å². The summed E-state index contributed by atoms with van der Waals surface area (Å²) in [5, 5.41) is 0. The van der Waals surface area contributed by atoms with Crippen LogP contribution in [-0.2, 0) is 12.8 Å². The molecule has 1 heterocycles. The van der Waals surface area contributed by atoms with Crippen LogP contribution in [0.3, 0.4) is 0 Å². The summed E-state index contributed by atoms with van der Waals surface area (Å²) in [6.07, 6.45) is 8.10. The number of hydrogen-bond donors (Lipinski definition) is 0. The average molecular weight is 286 g/mol. The Morgan fingerprint density at radius 3 is 3.00 bits per heavy atom. The van der Waals surface area contributed by atoms with Gasteiger partial charge >= 0.3 is 0 Å². The number of pyridine rings is 1. The van der Waals surface area contributed by atoms with E-state index in [9.17, 15) is 0 Å². The number of fused-ring (bicyclic) bond motifs is 1. The van der Waals surface area contributed by atoms with E-state index in [1.165, 1.54) is 22.3 Å². The first-order valence-corrected chi connectivity index (χ1v) is 6.49. The topological polar surface area (TPSA) is 12.9 Å². The molecule has 0 saturated carbocycles. The van der Waals surface area contributed by atoms with Gasteiger partial charge in [0.05, 0.1) is 0 Å². The molecular formula is C15H12BrN. The number of halogens is 1. The number of hydrogen-bond acceptors (Lipinski definition) is 1. The lowest BCUT2D eigenvalue weighted by molar-refractivity contribution is 1.20. The van der Waals surface area contributed by atoms with Gasteiger partial charge in [0, 0.05) is 16.9 Å². The molecule has 1 aliphatic rings. The fourth-order valence-corrected chi connectivity index (χ4v) is 2.69. The van der Waals surface area contributed by atoms with Crippen molar-refractivity contribution in [2.24, 2.45) is 0 Å². The van der Waals surface area contributed by atoms with Gasteiger partial charge in [0.2, 0.25) is 0 Å². The second-order valence-corrected chi connectivity index (χ2v) is 5.19. The van der Waals surface area contributed by atoms with Crippen molar-refractivity contribution in [2.45, 2.75) is 12.8 Å². The van der Waals surface area contributed by atoms with E-state index < -0.39 is 0 Å². The highest BCUT2D eigenvalue weighted by atomic mass is 79.9. The van der Waals surface area contributed by atoms with Gasteiger partial charge in [0.15, 0.2) is 0 Å². The van der Waals surface area contributed by atoms with Crippen LogP contribution in [0.1, 0.15) is 16.7 Å². The smallest absolute Gasteiger partial charge is 0.0303 e. The molecule has 17 heavy (non-hydrogen) atoms. The minimum Gasteiger partial charge on any atom is -0.264 e. The van der Waals surface area contributed by atoms with Gasteiger partial charge in [-0.3, -0.25) is 4.98 Å². The molecule has 84 valence electrons. The molecule has 0 saturated heterocycles. The van der Waals surface area contributed by atoms with Gasteiger partial charge in [-0.1, -0.05) is 34.1 Å². The van der Waals surface area contributed by atoms with Crippen LogP contribution in [-0.4, -0.2) is 4.98 Å². The van der Waals surface area contributed by atoms with Crippen LogP contribution < -0.4 is 0 Å². The minimum absolute atomic E-state index is 0.975. The van der Waals surface area contributed by atoms with E-state index in [1.54, 1.807) is 0 Å². The van der Waals surface area contributed by atoms with Crippen LogP contribution in [0.15, 0.2) is 53.3 Å². The van der Waals surface area contributed by atoms with Crippen molar-refractivity contribution in [1.29, 1.82) is 0 Å². The Balaban J connectivity index is 1.89. The molecule has 0 bridgehead atoms. The van der Waals surface area contributed by atoms with Crippen molar-refractivity contribution in [3.8, 4) is 0 Å². The minimum atomic E-state index is 0.975. The third-order valence-corrected chi connectivity index (χ3v) is 3.59. The first kappa shape index (κ1) is 10.7. The van der Waals surface area contributed by atoms with Gasteiger partial charge in [-0.25, -0.2) is 0 Å². The maximum Gasteiger partial charge on any atom is 0.0303 e. The zero-order valence-electron chi connectivity index (χ0n) is 9.36. The van der Waals surface area contributed by atoms with Crippen LogP contribution in [0.4, 0.5) is 0 Å². The molecule has 0 unspecified atom stereocenters. The molecule has 1 aromatic carbocycles. The standard InChI is InChI=1S/C15H12BrN/c16-14-5-6-15-12(3-4-13(15)9-14)8-11-2-1-7-17-10-11/h1-3,5-7,9-10H,4,8H2. The second-order valence-electron chi connectivity index (χ2n) is 4.27. The van der Waals surface area contributed by atoms with Crippen molar-refractivity contribution < 1.29 is 0 Å². The lowest BCUT2D eigenvalue weighted by Crippen LogP contribution is -1.90. The Hall–Kier alpha value is -1.41. The van der Waals surface area contributed by atoms with E-state index in [-0.39, 0.29) is 0 Å². The van der Waals surface area contributed by atoms with Crippen LogP contribution in [0.25, 0.3) is 5.57 Å². The van der Waals surface area contributed by atoms with Gasteiger partial charge < -0.3 is 0 Å². The van der Waals surface area contributed by atoms with Gasteiger partial charge in [-0.2, -0.15) is 0 Å².